The van der Waals surface area contributed by atoms with Gasteiger partial charge in [0, 0.05) is 43.6 Å². The first kappa shape index (κ1) is 16.0. The molecule has 0 unspecified atom stereocenters. The second-order valence-corrected chi connectivity index (χ2v) is 6.85. The van der Waals surface area contributed by atoms with Crippen LogP contribution in [0.4, 0.5) is 11.6 Å². The second kappa shape index (κ2) is 5.77. The third kappa shape index (κ3) is 3.83. The predicted octanol–water partition coefficient (Wildman–Crippen LogP) is 1.62. The number of rotatable bonds is 3. The van der Waals surface area contributed by atoms with Gasteiger partial charge in [0.2, 0.25) is 0 Å². The van der Waals surface area contributed by atoms with Crippen LogP contribution in [0.1, 0.15) is 45.0 Å². The molecule has 0 radical (unpaired) electrons. The largest absolute Gasteiger partial charge is 0.388 e. The summed E-state index contributed by atoms with van der Waals surface area (Å²) in [6, 6.07) is 0. The summed E-state index contributed by atoms with van der Waals surface area (Å²) < 4.78 is 5.29. The smallest absolute Gasteiger partial charge is 0.138 e. The fraction of sp³-hybridized carbons (Fsp3) is 0.733. The van der Waals surface area contributed by atoms with Crippen molar-refractivity contribution in [2.24, 2.45) is 0 Å². The summed E-state index contributed by atoms with van der Waals surface area (Å²) in [5, 5.41) is 13.7. The maximum absolute atomic E-state index is 10.5. The molecule has 1 fully saturated rings. The Labute approximate surface area is 126 Å². The molecule has 0 bridgehead atoms. The van der Waals surface area contributed by atoms with Gasteiger partial charge >= 0.3 is 0 Å². The van der Waals surface area contributed by atoms with Crippen LogP contribution in [-0.2, 0) is 10.2 Å². The van der Waals surface area contributed by atoms with E-state index in [1.54, 1.807) is 0 Å². The number of nitrogens with zero attached hydrogens (tertiary/aromatic N) is 2. The number of aliphatic hydroxyl groups is 1. The van der Waals surface area contributed by atoms with E-state index in [2.05, 4.69) is 15.3 Å². The van der Waals surface area contributed by atoms with Gasteiger partial charge in [-0.05, 0) is 6.92 Å². The molecule has 6 heteroatoms. The minimum absolute atomic E-state index is 0.173. The van der Waals surface area contributed by atoms with Gasteiger partial charge in [0.1, 0.15) is 17.5 Å². The predicted molar refractivity (Wildman–Crippen MR) is 83.4 cm³/mol. The van der Waals surface area contributed by atoms with Crippen LogP contribution in [0.5, 0.6) is 0 Å². The van der Waals surface area contributed by atoms with Crippen molar-refractivity contribution in [3.63, 3.8) is 0 Å². The number of anilines is 2. The number of ether oxygens (including phenoxy) is 1. The van der Waals surface area contributed by atoms with Crippen molar-refractivity contribution in [1.82, 2.24) is 9.97 Å². The van der Waals surface area contributed by atoms with Gasteiger partial charge in [0.15, 0.2) is 0 Å². The Hall–Kier alpha value is -1.40. The van der Waals surface area contributed by atoms with E-state index in [1.165, 1.54) is 0 Å². The first-order valence-corrected chi connectivity index (χ1v) is 7.40. The van der Waals surface area contributed by atoms with E-state index in [-0.39, 0.29) is 5.41 Å². The minimum Gasteiger partial charge on any atom is -0.388 e. The van der Waals surface area contributed by atoms with Crippen molar-refractivity contribution in [3.8, 4) is 0 Å². The van der Waals surface area contributed by atoms with E-state index in [0.29, 0.717) is 50.1 Å². The summed E-state index contributed by atoms with van der Waals surface area (Å²) >= 11 is 0. The van der Waals surface area contributed by atoms with Crippen LogP contribution < -0.4 is 11.1 Å². The SMILES string of the molecule is Cc1c(N)nc(C(C)(C)C)nc1NCC1(O)CCOCC1. The van der Waals surface area contributed by atoms with Gasteiger partial charge < -0.3 is 20.9 Å². The van der Waals surface area contributed by atoms with Crippen molar-refractivity contribution < 1.29 is 9.84 Å². The van der Waals surface area contributed by atoms with Crippen LogP contribution in [-0.4, -0.2) is 40.4 Å². The van der Waals surface area contributed by atoms with Crippen molar-refractivity contribution in [2.75, 3.05) is 30.8 Å². The molecule has 0 atom stereocenters. The minimum atomic E-state index is -0.744. The second-order valence-electron chi connectivity index (χ2n) is 6.85. The zero-order chi connectivity index (χ0) is 15.7. The maximum Gasteiger partial charge on any atom is 0.138 e. The molecule has 2 rings (SSSR count). The van der Waals surface area contributed by atoms with Crippen LogP contribution in [0.2, 0.25) is 0 Å². The lowest BCUT2D eigenvalue weighted by atomic mass is 9.94. The molecule has 1 aliphatic heterocycles. The maximum atomic E-state index is 10.5. The molecular weight excluding hydrogens is 268 g/mol. The summed E-state index contributed by atoms with van der Waals surface area (Å²) in [6.45, 7) is 9.66. The Kier molecular flexibility index (Phi) is 4.39. The van der Waals surface area contributed by atoms with Gasteiger partial charge in [-0.15, -0.1) is 0 Å². The lowest BCUT2D eigenvalue weighted by molar-refractivity contribution is -0.0543. The van der Waals surface area contributed by atoms with E-state index >= 15 is 0 Å². The van der Waals surface area contributed by atoms with Crippen LogP contribution in [0, 0.1) is 6.92 Å². The highest BCUT2D eigenvalue weighted by Gasteiger charge is 2.30. The quantitative estimate of drug-likeness (QED) is 0.784. The number of nitrogens with one attached hydrogen (secondary N) is 1. The number of hydrogen-bond acceptors (Lipinski definition) is 6. The van der Waals surface area contributed by atoms with E-state index in [0.717, 1.165) is 5.56 Å². The van der Waals surface area contributed by atoms with E-state index < -0.39 is 5.60 Å². The monoisotopic (exact) mass is 294 g/mol. The van der Waals surface area contributed by atoms with Gasteiger partial charge in [-0.25, -0.2) is 9.97 Å². The Morgan fingerprint density at radius 3 is 2.48 bits per heavy atom. The topological polar surface area (TPSA) is 93.3 Å². The molecule has 0 spiro atoms. The third-order valence-electron chi connectivity index (χ3n) is 3.86. The Morgan fingerprint density at radius 1 is 1.29 bits per heavy atom. The highest BCUT2D eigenvalue weighted by molar-refractivity contribution is 5.55. The molecule has 0 aromatic carbocycles. The number of nitrogens with two attached hydrogens (primary N) is 1. The molecule has 21 heavy (non-hydrogen) atoms. The van der Waals surface area contributed by atoms with Crippen LogP contribution in [0.25, 0.3) is 0 Å². The summed E-state index contributed by atoms with van der Waals surface area (Å²) in [6.07, 6.45) is 1.26. The molecule has 0 aliphatic carbocycles. The van der Waals surface area contributed by atoms with E-state index in [1.807, 2.05) is 27.7 Å². The molecule has 4 N–H and O–H groups in total. The molecule has 1 aliphatic rings. The molecule has 1 aromatic rings. The lowest BCUT2D eigenvalue weighted by Gasteiger charge is -2.32. The first-order chi connectivity index (χ1) is 9.71. The molecule has 118 valence electrons. The first-order valence-electron chi connectivity index (χ1n) is 7.40. The van der Waals surface area contributed by atoms with Gasteiger partial charge in [-0.2, -0.15) is 0 Å². The van der Waals surface area contributed by atoms with Crippen LogP contribution in [0.3, 0.4) is 0 Å². The molecule has 1 saturated heterocycles. The summed E-state index contributed by atoms with van der Waals surface area (Å²) in [7, 11) is 0. The highest BCUT2D eigenvalue weighted by atomic mass is 16.5. The molecule has 2 heterocycles. The van der Waals surface area contributed by atoms with Crippen molar-refractivity contribution in [2.45, 2.75) is 51.6 Å². The average Bonchev–Trinajstić information content (AvgIpc) is 2.40. The van der Waals surface area contributed by atoms with E-state index in [4.69, 9.17) is 10.5 Å². The van der Waals surface area contributed by atoms with Crippen LogP contribution >= 0.6 is 0 Å². The lowest BCUT2D eigenvalue weighted by Crippen LogP contribution is -2.42. The van der Waals surface area contributed by atoms with Gasteiger partial charge in [0.25, 0.3) is 0 Å². The van der Waals surface area contributed by atoms with Crippen LogP contribution in [0.15, 0.2) is 0 Å². The van der Waals surface area contributed by atoms with Gasteiger partial charge in [-0.3, -0.25) is 0 Å². The Bertz CT molecular complexity index is 505. The number of hydrogen-bond donors (Lipinski definition) is 3. The van der Waals surface area contributed by atoms with Crippen molar-refractivity contribution in [1.29, 1.82) is 0 Å². The third-order valence-corrected chi connectivity index (χ3v) is 3.86. The zero-order valence-corrected chi connectivity index (χ0v) is 13.4. The van der Waals surface area contributed by atoms with Crippen molar-refractivity contribution >= 4 is 11.6 Å². The average molecular weight is 294 g/mol. The van der Waals surface area contributed by atoms with Gasteiger partial charge in [-0.1, -0.05) is 20.8 Å². The standard InChI is InChI=1S/C15H26N4O2/c1-10-11(16)18-13(14(2,3)4)19-12(10)17-9-15(20)5-7-21-8-6-15/h20H,5-9H2,1-4H3,(H3,16,17,18,19). The zero-order valence-electron chi connectivity index (χ0n) is 13.4. The number of nitrogen functional groups attached to an aromatic ring is 1. The normalized spacial score (nSPS) is 18.5. The molecule has 1 aromatic heterocycles. The highest BCUT2D eigenvalue weighted by Crippen LogP contribution is 2.26. The Morgan fingerprint density at radius 2 is 1.90 bits per heavy atom. The molecular formula is C15H26N4O2. The fourth-order valence-electron chi connectivity index (χ4n) is 2.22. The summed E-state index contributed by atoms with van der Waals surface area (Å²) in [4.78, 5) is 8.94. The van der Waals surface area contributed by atoms with Gasteiger partial charge in [0.05, 0.1) is 5.60 Å². The molecule has 6 nitrogen and oxygen atoms in total. The summed E-state index contributed by atoms with van der Waals surface area (Å²) in [5.74, 6) is 1.89. The molecule has 0 amide bonds. The molecule has 0 saturated carbocycles. The fourth-order valence-corrected chi connectivity index (χ4v) is 2.22. The van der Waals surface area contributed by atoms with E-state index in [9.17, 15) is 5.11 Å². The van der Waals surface area contributed by atoms with Crippen molar-refractivity contribution in [3.05, 3.63) is 11.4 Å². The number of aromatic nitrogens is 2. The Balaban J connectivity index is 2.17. The summed E-state index contributed by atoms with van der Waals surface area (Å²) in [5.41, 5.74) is 5.89.